The van der Waals surface area contributed by atoms with Crippen LogP contribution in [0, 0.1) is 6.92 Å². The highest BCUT2D eigenvalue weighted by molar-refractivity contribution is 7.98. The van der Waals surface area contributed by atoms with Crippen molar-refractivity contribution in [2.24, 2.45) is 0 Å². The fourth-order valence-electron chi connectivity index (χ4n) is 1.29. The summed E-state index contributed by atoms with van der Waals surface area (Å²) in [5.41, 5.74) is 0. The Bertz CT molecular complexity index is 263. The lowest BCUT2D eigenvalue weighted by Crippen LogP contribution is -2.00. The zero-order valence-electron chi connectivity index (χ0n) is 9.45. The van der Waals surface area contributed by atoms with E-state index in [1.807, 2.05) is 18.7 Å². The van der Waals surface area contributed by atoms with Gasteiger partial charge in [-0.1, -0.05) is 24.2 Å². The summed E-state index contributed by atoms with van der Waals surface area (Å²) >= 11 is 3.56. The van der Waals surface area contributed by atoms with E-state index in [-0.39, 0.29) is 0 Å². The zero-order valence-corrected chi connectivity index (χ0v) is 11.1. The number of unbranched alkanes of at least 4 members (excludes halogenated alkanes) is 3. The first-order valence-electron chi connectivity index (χ1n) is 5.36. The molecule has 0 fully saturated rings. The first kappa shape index (κ1) is 12.8. The molecule has 3 nitrogen and oxygen atoms in total. The molecule has 15 heavy (non-hydrogen) atoms. The molecule has 0 saturated heterocycles. The number of rotatable bonds is 8. The van der Waals surface area contributed by atoms with Crippen LogP contribution in [0.25, 0.3) is 0 Å². The fourth-order valence-corrected chi connectivity index (χ4v) is 2.40. The molecule has 1 heterocycles. The standard InChI is InChI=1S/C10H19N3S2/c1-9-12-13-10(15-9)11-7-5-3-4-6-8-14-2/h3-8H2,1-2H3,(H,11,13). The Morgan fingerprint density at radius 1 is 1.20 bits per heavy atom. The van der Waals surface area contributed by atoms with Gasteiger partial charge in [0.2, 0.25) is 5.13 Å². The second kappa shape index (κ2) is 7.93. The van der Waals surface area contributed by atoms with E-state index in [4.69, 9.17) is 0 Å². The van der Waals surface area contributed by atoms with E-state index in [0.717, 1.165) is 16.7 Å². The Morgan fingerprint density at radius 3 is 2.67 bits per heavy atom. The van der Waals surface area contributed by atoms with Crippen LogP contribution in [-0.2, 0) is 0 Å². The first-order chi connectivity index (χ1) is 7.33. The van der Waals surface area contributed by atoms with Crippen molar-refractivity contribution in [1.29, 1.82) is 0 Å². The van der Waals surface area contributed by atoms with Crippen molar-refractivity contribution in [2.45, 2.75) is 32.6 Å². The van der Waals surface area contributed by atoms with Crippen molar-refractivity contribution in [2.75, 3.05) is 23.9 Å². The summed E-state index contributed by atoms with van der Waals surface area (Å²) in [6.07, 6.45) is 7.40. The summed E-state index contributed by atoms with van der Waals surface area (Å²) in [4.78, 5) is 0. The van der Waals surface area contributed by atoms with Crippen LogP contribution < -0.4 is 5.32 Å². The van der Waals surface area contributed by atoms with Gasteiger partial charge >= 0.3 is 0 Å². The molecule has 1 N–H and O–H groups in total. The van der Waals surface area contributed by atoms with Gasteiger partial charge < -0.3 is 5.32 Å². The van der Waals surface area contributed by atoms with Gasteiger partial charge in [-0.3, -0.25) is 0 Å². The maximum atomic E-state index is 4.02. The number of nitrogens with zero attached hydrogens (tertiary/aromatic N) is 2. The maximum Gasteiger partial charge on any atom is 0.205 e. The van der Waals surface area contributed by atoms with Crippen molar-refractivity contribution < 1.29 is 0 Å². The molecule has 1 rings (SSSR count). The van der Waals surface area contributed by atoms with Crippen molar-refractivity contribution >= 4 is 28.2 Å². The maximum absolute atomic E-state index is 4.02. The Morgan fingerprint density at radius 2 is 2.00 bits per heavy atom. The Kier molecular flexibility index (Phi) is 6.76. The topological polar surface area (TPSA) is 37.8 Å². The van der Waals surface area contributed by atoms with Crippen molar-refractivity contribution in [3.05, 3.63) is 5.01 Å². The number of hydrogen-bond donors (Lipinski definition) is 1. The second-order valence-corrected chi connectivity index (χ2v) is 5.63. The Labute approximate surface area is 100 Å². The van der Waals surface area contributed by atoms with Gasteiger partial charge in [-0.05, 0) is 31.8 Å². The van der Waals surface area contributed by atoms with Crippen LogP contribution in [-0.4, -0.2) is 28.8 Å². The van der Waals surface area contributed by atoms with E-state index in [1.165, 1.54) is 31.4 Å². The molecule has 0 amide bonds. The second-order valence-electron chi connectivity index (χ2n) is 3.46. The number of thioether (sulfide) groups is 1. The van der Waals surface area contributed by atoms with E-state index in [9.17, 15) is 0 Å². The van der Waals surface area contributed by atoms with Crippen LogP contribution in [0.1, 0.15) is 30.7 Å². The molecule has 0 bridgehead atoms. The number of anilines is 1. The third kappa shape index (κ3) is 5.99. The predicted molar refractivity (Wildman–Crippen MR) is 70.0 cm³/mol. The summed E-state index contributed by atoms with van der Waals surface area (Å²) in [6, 6.07) is 0. The highest BCUT2D eigenvalue weighted by Crippen LogP contribution is 2.13. The largest absolute Gasteiger partial charge is 0.360 e. The normalized spacial score (nSPS) is 10.5. The molecule has 0 atom stereocenters. The summed E-state index contributed by atoms with van der Waals surface area (Å²) in [7, 11) is 0. The lowest BCUT2D eigenvalue weighted by Gasteiger charge is -2.01. The quantitative estimate of drug-likeness (QED) is 0.714. The third-order valence-electron chi connectivity index (χ3n) is 2.08. The summed E-state index contributed by atoms with van der Waals surface area (Å²) in [6.45, 7) is 3.00. The molecule has 1 aromatic rings. The highest BCUT2D eigenvalue weighted by Gasteiger charge is 1.97. The van der Waals surface area contributed by atoms with Crippen LogP contribution in [0.2, 0.25) is 0 Å². The van der Waals surface area contributed by atoms with Gasteiger partial charge in [-0.25, -0.2) is 0 Å². The highest BCUT2D eigenvalue weighted by atomic mass is 32.2. The summed E-state index contributed by atoms with van der Waals surface area (Å²) in [5.74, 6) is 1.29. The SMILES string of the molecule is CSCCCCCCNc1nnc(C)s1. The van der Waals surface area contributed by atoms with Gasteiger partial charge in [0.25, 0.3) is 0 Å². The average Bonchev–Trinajstić information content (AvgIpc) is 2.63. The smallest absolute Gasteiger partial charge is 0.205 e. The average molecular weight is 245 g/mol. The molecule has 0 spiro atoms. The Hall–Kier alpha value is -0.290. The van der Waals surface area contributed by atoms with Crippen LogP contribution >= 0.6 is 23.1 Å². The predicted octanol–water partition coefficient (Wildman–Crippen LogP) is 3.18. The van der Waals surface area contributed by atoms with Gasteiger partial charge in [0, 0.05) is 6.54 Å². The lowest BCUT2D eigenvalue weighted by molar-refractivity contribution is 0.688. The third-order valence-corrected chi connectivity index (χ3v) is 3.57. The number of hydrogen-bond acceptors (Lipinski definition) is 5. The fraction of sp³-hybridized carbons (Fsp3) is 0.800. The van der Waals surface area contributed by atoms with Crippen molar-refractivity contribution in [1.82, 2.24) is 10.2 Å². The zero-order chi connectivity index (χ0) is 10.9. The molecule has 0 aliphatic heterocycles. The number of nitrogens with one attached hydrogen (secondary N) is 1. The van der Waals surface area contributed by atoms with E-state index in [1.54, 1.807) is 11.3 Å². The van der Waals surface area contributed by atoms with Gasteiger partial charge in [-0.15, -0.1) is 10.2 Å². The Balaban J connectivity index is 1.93. The molecule has 0 aliphatic carbocycles. The van der Waals surface area contributed by atoms with Crippen LogP contribution in [0.3, 0.4) is 0 Å². The summed E-state index contributed by atoms with van der Waals surface area (Å²) < 4.78 is 0. The molecule has 86 valence electrons. The van der Waals surface area contributed by atoms with Crippen LogP contribution in [0.15, 0.2) is 0 Å². The van der Waals surface area contributed by atoms with E-state index in [2.05, 4.69) is 21.8 Å². The molecule has 0 unspecified atom stereocenters. The minimum absolute atomic E-state index is 0.955. The molecule has 0 aromatic carbocycles. The summed E-state index contributed by atoms with van der Waals surface area (Å²) in [5, 5.41) is 13.3. The molecular formula is C10H19N3S2. The number of aromatic nitrogens is 2. The van der Waals surface area contributed by atoms with Gasteiger partial charge in [0.05, 0.1) is 0 Å². The minimum Gasteiger partial charge on any atom is -0.360 e. The molecule has 0 saturated carbocycles. The minimum atomic E-state index is 0.955. The lowest BCUT2D eigenvalue weighted by atomic mass is 10.2. The van der Waals surface area contributed by atoms with Crippen molar-refractivity contribution in [3.63, 3.8) is 0 Å². The first-order valence-corrected chi connectivity index (χ1v) is 7.57. The molecule has 5 heteroatoms. The molecule has 0 radical (unpaired) electrons. The van der Waals surface area contributed by atoms with Gasteiger partial charge in [-0.2, -0.15) is 11.8 Å². The van der Waals surface area contributed by atoms with E-state index >= 15 is 0 Å². The van der Waals surface area contributed by atoms with Crippen molar-refractivity contribution in [3.8, 4) is 0 Å². The molecular weight excluding hydrogens is 226 g/mol. The van der Waals surface area contributed by atoms with Gasteiger partial charge in [0.1, 0.15) is 5.01 Å². The van der Waals surface area contributed by atoms with Crippen LogP contribution in [0.5, 0.6) is 0 Å². The van der Waals surface area contributed by atoms with E-state index < -0.39 is 0 Å². The molecule has 0 aliphatic rings. The number of aryl methyl sites for hydroxylation is 1. The monoisotopic (exact) mass is 245 g/mol. The van der Waals surface area contributed by atoms with Crippen LogP contribution in [0.4, 0.5) is 5.13 Å². The molecule has 1 aromatic heterocycles. The van der Waals surface area contributed by atoms with Gasteiger partial charge in [0.15, 0.2) is 0 Å². The van der Waals surface area contributed by atoms with E-state index in [0.29, 0.717) is 0 Å².